The zero-order valence-corrected chi connectivity index (χ0v) is 20.7. The number of hydrogen-bond acceptors (Lipinski definition) is 6. The molecular formula is C26H25N5O3S. The lowest BCUT2D eigenvalue weighted by atomic mass is 10.0. The number of nitrogens with zero attached hydrogens (tertiary/aromatic N) is 5. The molecule has 3 heterocycles. The quantitative estimate of drug-likeness (QED) is 0.398. The molecule has 8 nitrogen and oxygen atoms in total. The van der Waals surface area contributed by atoms with Gasteiger partial charge in [0.05, 0.1) is 18.5 Å². The van der Waals surface area contributed by atoms with Crippen LogP contribution in [0.1, 0.15) is 46.3 Å². The topological polar surface area (TPSA) is 92.8 Å². The highest BCUT2D eigenvalue weighted by molar-refractivity contribution is 7.15. The van der Waals surface area contributed by atoms with Gasteiger partial charge in [0, 0.05) is 16.0 Å². The average Bonchev–Trinajstić information content (AvgIpc) is 3.41. The molecule has 4 aromatic rings. The van der Waals surface area contributed by atoms with Crippen LogP contribution >= 0.6 is 11.3 Å². The van der Waals surface area contributed by atoms with Crippen molar-refractivity contribution in [3.63, 3.8) is 0 Å². The maximum atomic E-state index is 12.7. The molecule has 35 heavy (non-hydrogen) atoms. The van der Waals surface area contributed by atoms with Crippen LogP contribution in [0.25, 0.3) is 5.00 Å². The van der Waals surface area contributed by atoms with Crippen molar-refractivity contribution in [3.8, 4) is 10.8 Å². The minimum atomic E-state index is -1.12. The Kier molecular flexibility index (Phi) is 5.86. The van der Waals surface area contributed by atoms with E-state index < -0.39 is 12.3 Å². The second-order valence-corrected chi connectivity index (χ2v) is 9.41. The van der Waals surface area contributed by atoms with Gasteiger partial charge in [-0.05, 0) is 68.3 Å². The van der Waals surface area contributed by atoms with Gasteiger partial charge in [-0.25, -0.2) is 9.69 Å². The summed E-state index contributed by atoms with van der Waals surface area (Å²) in [6.07, 6.45) is -1.18. The fourth-order valence-corrected chi connectivity index (χ4v) is 5.43. The van der Waals surface area contributed by atoms with Gasteiger partial charge in [-0.2, -0.15) is 0 Å². The smallest absolute Gasteiger partial charge is 0.413 e. The van der Waals surface area contributed by atoms with Gasteiger partial charge in [0.2, 0.25) is 0 Å². The first-order valence-corrected chi connectivity index (χ1v) is 12.1. The minimum absolute atomic E-state index is 0.459. The van der Waals surface area contributed by atoms with Crippen molar-refractivity contribution in [1.82, 2.24) is 14.8 Å². The van der Waals surface area contributed by atoms with E-state index in [0.717, 1.165) is 33.9 Å². The van der Waals surface area contributed by atoms with E-state index in [9.17, 15) is 9.90 Å². The molecule has 0 fully saturated rings. The summed E-state index contributed by atoms with van der Waals surface area (Å²) in [5, 5.41) is 20.0. The van der Waals surface area contributed by atoms with Crippen molar-refractivity contribution in [2.75, 3.05) is 12.0 Å². The normalized spacial score (nSPS) is 14.5. The summed E-state index contributed by atoms with van der Waals surface area (Å²) in [6, 6.07) is 17.2. The molecule has 178 valence electrons. The molecule has 2 aromatic carbocycles. The number of carboxylic acid groups (broad SMARTS) is 1. The number of fused-ring (bicyclic) bond motifs is 3. The highest BCUT2D eigenvalue weighted by Crippen LogP contribution is 2.39. The Morgan fingerprint density at radius 1 is 1.14 bits per heavy atom. The molecule has 0 radical (unpaired) electrons. The molecule has 1 amide bonds. The maximum Gasteiger partial charge on any atom is 0.413 e. The summed E-state index contributed by atoms with van der Waals surface area (Å²) >= 11 is 1.65. The van der Waals surface area contributed by atoms with E-state index in [1.807, 2.05) is 60.9 Å². The lowest BCUT2D eigenvalue weighted by Gasteiger charge is -2.26. The molecule has 0 bridgehead atoms. The summed E-state index contributed by atoms with van der Waals surface area (Å²) in [4.78, 5) is 20.2. The van der Waals surface area contributed by atoms with Gasteiger partial charge in [0.1, 0.15) is 16.6 Å². The SMILES string of the molecule is CCc1cc2c(s1)-n1c(C)nnc1C(N(C(=O)O)c1cccc(C)c1)N=C2c1ccc(OC)cc1. The first-order valence-electron chi connectivity index (χ1n) is 11.3. The molecule has 9 heteroatoms. The number of aromatic nitrogens is 3. The number of methoxy groups -OCH3 is 1. The number of aryl methyl sites for hydroxylation is 3. The van der Waals surface area contributed by atoms with Gasteiger partial charge in [0.25, 0.3) is 0 Å². The van der Waals surface area contributed by atoms with Crippen molar-refractivity contribution in [1.29, 1.82) is 0 Å². The van der Waals surface area contributed by atoms with Gasteiger partial charge in [-0.3, -0.25) is 9.56 Å². The molecule has 0 saturated heterocycles. The lowest BCUT2D eigenvalue weighted by molar-refractivity contribution is 0.199. The van der Waals surface area contributed by atoms with Crippen LogP contribution in [0.3, 0.4) is 0 Å². The predicted molar refractivity (Wildman–Crippen MR) is 136 cm³/mol. The molecule has 0 saturated carbocycles. The average molecular weight is 488 g/mol. The Hall–Kier alpha value is -3.98. The molecule has 5 rings (SSSR count). The first kappa shape index (κ1) is 22.8. The van der Waals surface area contributed by atoms with E-state index in [0.29, 0.717) is 23.0 Å². The third kappa shape index (κ3) is 3.97. The van der Waals surface area contributed by atoms with Crippen LogP contribution in [0.15, 0.2) is 59.6 Å². The van der Waals surface area contributed by atoms with Crippen molar-refractivity contribution in [2.24, 2.45) is 4.99 Å². The van der Waals surface area contributed by atoms with Gasteiger partial charge in [-0.15, -0.1) is 21.5 Å². The van der Waals surface area contributed by atoms with E-state index in [1.54, 1.807) is 24.5 Å². The fraction of sp³-hybridized carbons (Fsp3) is 0.231. The summed E-state index contributed by atoms with van der Waals surface area (Å²) < 4.78 is 7.28. The summed E-state index contributed by atoms with van der Waals surface area (Å²) in [5.41, 5.74) is 3.97. The van der Waals surface area contributed by atoms with Gasteiger partial charge < -0.3 is 9.84 Å². The molecule has 2 aromatic heterocycles. The number of benzene rings is 2. The second kappa shape index (κ2) is 8.99. The summed E-state index contributed by atoms with van der Waals surface area (Å²) in [7, 11) is 1.63. The lowest BCUT2D eigenvalue weighted by Crippen LogP contribution is -2.34. The molecule has 1 aliphatic rings. The minimum Gasteiger partial charge on any atom is -0.497 e. The largest absolute Gasteiger partial charge is 0.497 e. The van der Waals surface area contributed by atoms with E-state index >= 15 is 0 Å². The third-order valence-corrected chi connectivity index (χ3v) is 7.26. The number of amides is 1. The first-order chi connectivity index (χ1) is 16.9. The number of aliphatic imine (C=N–C) groups is 1. The molecular weight excluding hydrogens is 462 g/mol. The van der Waals surface area contributed by atoms with Crippen molar-refractivity contribution in [2.45, 2.75) is 33.4 Å². The Balaban J connectivity index is 1.79. The van der Waals surface area contributed by atoms with Gasteiger partial charge in [-0.1, -0.05) is 19.1 Å². The highest BCUT2D eigenvalue weighted by Gasteiger charge is 2.36. The second-order valence-electron chi connectivity index (χ2n) is 8.30. The van der Waals surface area contributed by atoms with Gasteiger partial charge in [0.15, 0.2) is 12.0 Å². The van der Waals surface area contributed by atoms with Crippen LogP contribution in [0.5, 0.6) is 5.75 Å². The number of thiophene rings is 1. The summed E-state index contributed by atoms with van der Waals surface area (Å²) in [6.45, 7) is 5.92. The van der Waals surface area contributed by atoms with E-state index in [2.05, 4.69) is 23.2 Å². The Labute approximate surface area is 207 Å². The number of ether oxygens (including phenoxy) is 1. The van der Waals surface area contributed by atoms with Crippen LogP contribution in [-0.4, -0.2) is 38.8 Å². The van der Waals surface area contributed by atoms with Crippen LogP contribution in [0, 0.1) is 13.8 Å². The van der Waals surface area contributed by atoms with Crippen LogP contribution < -0.4 is 9.64 Å². The zero-order chi connectivity index (χ0) is 24.7. The monoisotopic (exact) mass is 487 g/mol. The Morgan fingerprint density at radius 2 is 1.91 bits per heavy atom. The van der Waals surface area contributed by atoms with Crippen molar-refractivity contribution < 1.29 is 14.6 Å². The maximum absolute atomic E-state index is 12.7. The number of hydrogen-bond donors (Lipinski definition) is 1. The Bertz CT molecular complexity index is 1440. The van der Waals surface area contributed by atoms with Crippen LogP contribution in [-0.2, 0) is 6.42 Å². The highest BCUT2D eigenvalue weighted by atomic mass is 32.1. The van der Waals surface area contributed by atoms with Gasteiger partial charge >= 0.3 is 6.09 Å². The van der Waals surface area contributed by atoms with Crippen molar-refractivity contribution in [3.05, 3.63) is 87.8 Å². The standard InChI is InChI=1S/C26H25N5O3S/c1-5-20-14-21-22(17-9-11-19(34-4)12-10-17)27-23(24-29-28-16(3)30(24)25(21)35-20)31(26(32)33)18-8-6-7-15(2)13-18/h6-14,23H,5H2,1-4H3,(H,32,33). The Morgan fingerprint density at radius 3 is 2.57 bits per heavy atom. The molecule has 1 aliphatic heterocycles. The van der Waals surface area contributed by atoms with Crippen LogP contribution in [0.2, 0.25) is 0 Å². The molecule has 1 unspecified atom stereocenters. The van der Waals surface area contributed by atoms with Crippen LogP contribution in [0.4, 0.5) is 10.5 Å². The molecule has 0 spiro atoms. The van der Waals surface area contributed by atoms with E-state index in [-0.39, 0.29) is 0 Å². The van der Waals surface area contributed by atoms with E-state index in [4.69, 9.17) is 9.73 Å². The van der Waals surface area contributed by atoms with Crippen molar-refractivity contribution >= 4 is 28.8 Å². The third-order valence-electron chi connectivity index (χ3n) is 6.00. The summed E-state index contributed by atoms with van der Waals surface area (Å²) in [5.74, 6) is 1.87. The number of rotatable bonds is 5. The molecule has 1 atom stereocenters. The zero-order valence-electron chi connectivity index (χ0n) is 19.9. The predicted octanol–water partition coefficient (Wildman–Crippen LogP) is 5.55. The van der Waals surface area contributed by atoms with E-state index in [1.165, 1.54) is 9.78 Å². The molecule has 0 aliphatic carbocycles. The number of anilines is 1. The number of carbonyl (C=O) groups is 1. The molecule has 1 N–H and O–H groups in total. The fourth-order valence-electron chi connectivity index (χ4n) is 4.27.